The highest BCUT2D eigenvalue weighted by molar-refractivity contribution is 5.96. The van der Waals surface area contributed by atoms with Gasteiger partial charge in [-0.15, -0.1) is 0 Å². The molecule has 1 N–H and O–H groups in total. The van der Waals surface area contributed by atoms with Crippen LogP contribution in [0.2, 0.25) is 0 Å². The fourth-order valence-corrected chi connectivity index (χ4v) is 4.54. The highest BCUT2D eigenvalue weighted by atomic mass is 19.1. The number of nitro groups is 1. The van der Waals surface area contributed by atoms with E-state index in [4.69, 9.17) is 0 Å². The number of rotatable bonds is 5. The molecule has 0 aliphatic carbocycles. The molecule has 38 heavy (non-hydrogen) atoms. The number of carbonyl (C=O) groups excluding carboxylic acids is 2. The third-order valence-electron chi connectivity index (χ3n) is 6.59. The number of hydrogen-bond acceptors (Lipinski definition) is 6. The quantitative estimate of drug-likeness (QED) is 0.321. The zero-order valence-electron chi connectivity index (χ0n) is 20.1. The molecule has 2 heterocycles. The SMILES string of the molecule is O=C(c1ccc([N+](=O)[O-])cc1)N1CCN(C(=O)c2cc(Cc3n[nH]c(=O)c4ccccc34)ccc2F)CC1. The number of hydrogen-bond donors (Lipinski definition) is 1. The van der Waals surface area contributed by atoms with Gasteiger partial charge in [-0.25, -0.2) is 9.49 Å². The largest absolute Gasteiger partial charge is 0.335 e. The molecular weight excluding hydrogens is 493 g/mol. The van der Waals surface area contributed by atoms with E-state index in [0.29, 0.717) is 27.6 Å². The lowest BCUT2D eigenvalue weighted by atomic mass is 10.0. The van der Waals surface area contributed by atoms with Crippen molar-refractivity contribution in [2.75, 3.05) is 26.2 Å². The molecular formula is C27H22FN5O5. The summed E-state index contributed by atoms with van der Waals surface area (Å²) in [5.41, 5.74) is 1.09. The van der Waals surface area contributed by atoms with Crippen LogP contribution in [0.1, 0.15) is 32.0 Å². The third kappa shape index (κ3) is 4.85. The van der Waals surface area contributed by atoms with E-state index in [0.717, 1.165) is 0 Å². The highest BCUT2D eigenvalue weighted by Gasteiger charge is 2.27. The number of aromatic nitrogens is 2. The first kappa shape index (κ1) is 24.8. The maximum Gasteiger partial charge on any atom is 0.272 e. The van der Waals surface area contributed by atoms with Crippen molar-refractivity contribution < 1.29 is 18.9 Å². The molecule has 5 rings (SSSR count). The van der Waals surface area contributed by atoms with E-state index in [1.807, 2.05) is 0 Å². The van der Waals surface area contributed by atoms with Crippen molar-refractivity contribution in [2.45, 2.75) is 6.42 Å². The smallest absolute Gasteiger partial charge is 0.272 e. The first-order chi connectivity index (χ1) is 18.3. The fraction of sp³-hybridized carbons (Fsp3) is 0.185. The Balaban J connectivity index is 1.28. The number of carbonyl (C=O) groups is 2. The summed E-state index contributed by atoms with van der Waals surface area (Å²) >= 11 is 0. The number of aromatic amines is 1. The molecule has 11 heteroatoms. The Morgan fingerprint density at radius 1 is 0.921 bits per heavy atom. The summed E-state index contributed by atoms with van der Waals surface area (Å²) in [7, 11) is 0. The van der Waals surface area contributed by atoms with Gasteiger partial charge in [-0.2, -0.15) is 5.10 Å². The van der Waals surface area contributed by atoms with Crippen molar-refractivity contribution >= 4 is 28.3 Å². The standard InChI is InChI=1S/C27H22FN5O5/c28-23-10-5-17(16-24-20-3-1-2-4-21(20)25(34)30-29-24)15-22(23)27(36)32-13-11-31(12-14-32)26(35)18-6-8-19(9-7-18)33(37)38/h1-10,15H,11-14,16H2,(H,30,34). The van der Waals surface area contributed by atoms with E-state index in [-0.39, 0.29) is 55.3 Å². The maximum absolute atomic E-state index is 14.7. The van der Waals surface area contributed by atoms with E-state index in [1.165, 1.54) is 41.3 Å². The Bertz CT molecular complexity index is 1610. The van der Waals surface area contributed by atoms with Gasteiger partial charge in [-0.1, -0.05) is 24.3 Å². The molecule has 1 fully saturated rings. The van der Waals surface area contributed by atoms with Gasteiger partial charge in [-0.05, 0) is 35.9 Å². The molecule has 3 aromatic carbocycles. The average Bonchev–Trinajstić information content (AvgIpc) is 2.95. The number of nitrogens with one attached hydrogen (secondary N) is 1. The van der Waals surface area contributed by atoms with Crippen molar-refractivity contribution in [1.82, 2.24) is 20.0 Å². The van der Waals surface area contributed by atoms with Crippen LogP contribution >= 0.6 is 0 Å². The first-order valence-corrected chi connectivity index (χ1v) is 11.9. The zero-order chi connectivity index (χ0) is 26.8. The molecule has 0 unspecified atom stereocenters. The second kappa shape index (κ2) is 10.2. The first-order valence-electron chi connectivity index (χ1n) is 11.9. The van der Waals surface area contributed by atoms with Crippen LogP contribution in [-0.2, 0) is 6.42 Å². The molecule has 0 saturated carbocycles. The van der Waals surface area contributed by atoms with E-state index < -0.39 is 16.6 Å². The molecule has 1 aliphatic rings. The number of halogens is 1. The van der Waals surface area contributed by atoms with Gasteiger partial charge in [0.2, 0.25) is 0 Å². The molecule has 192 valence electrons. The topological polar surface area (TPSA) is 130 Å². The lowest BCUT2D eigenvalue weighted by Gasteiger charge is -2.35. The summed E-state index contributed by atoms with van der Waals surface area (Å²) in [6, 6.07) is 16.7. The molecule has 1 aromatic heterocycles. The van der Waals surface area contributed by atoms with Crippen LogP contribution < -0.4 is 5.56 Å². The number of benzene rings is 3. The van der Waals surface area contributed by atoms with Gasteiger partial charge in [-0.3, -0.25) is 24.5 Å². The van der Waals surface area contributed by atoms with Crippen LogP contribution in [-0.4, -0.2) is 62.9 Å². The van der Waals surface area contributed by atoms with Gasteiger partial charge in [0.1, 0.15) is 5.82 Å². The van der Waals surface area contributed by atoms with Gasteiger partial charge in [0.25, 0.3) is 23.1 Å². The fourth-order valence-electron chi connectivity index (χ4n) is 4.54. The molecule has 0 radical (unpaired) electrons. The number of piperazine rings is 1. The summed E-state index contributed by atoms with van der Waals surface area (Å²) < 4.78 is 14.7. The molecule has 1 saturated heterocycles. The van der Waals surface area contributed by atoms with Gasteiger partial charge in [0, 0.05) is 55.7 Å². The second-order valence-corrected chi connectivity index (χ2v) is 8.92. The molecule has 0 spiro atoms. The number of fused-ring (bicyclic) bond motifs is 1. The minimum atomic E-state index is -0.651. The molecule has 2 amide bonds. The van der Waals surface area contributed by atoms with Crippen LogP contribution in [0.4, 0.5) is 10.1 Å². The Kier molecular flexibility index (Phi) is 6.65. The van der Waals surface area contributed by atoms with Crippen molar-refractivity contribution in [1.29, 1.82) is 0 Å². The molecule has 4 aromatic rings. The van der Waals surface area contributed by atoms with Crippen LogP contribution in [0.25, 0.3) is 10.8 Å². The highest BCUT2D eigenvalue weighted by Crippen LogP contribution is 2.21. The Morgan fingerprint density at radius 2 is 1.55 bits per heavy atom. The van der Waals surface area contributed by atoms with Gasteiger partial charge < -0.3 is 9.80 Å². The lowest BCUT2D eigenvalue weighted by molar-refractivity contribution is -0.384. The monoisotopic (exact) mass is 515 g/mol. The van der Waals surface area contributed by atoms with Crippen molar-refractivity contribution in [3.05, 3.63) is 115 Å². The normalized spacial score (nSPS) is 13.5. The summed E-state index contributed by atoms with van der Waals surface area (Å²) in [6.07, 6.45) is 0.287. The molecule has 1 aliphatic heterocycles. The lowest BCUT2D eigenvalue weighted by Crippen LogP contribution is -2.50. The number of non-ortho nitro benzene ring substituents is 1. The Morgan fingerprint density at radius 3 is 2.21 bits per heavy atom. The van der Waals surface area contributed by atoms with Gasteiger partial charge in [0.05, 0.1) is 21.6 Å². The van der Waals surface area contributed by atoms with E-state index in [1.54, 1.807) is 35.2 Å². The summed E-state index contributed by atoms with van der Waals surface area (Å²) in [6.45, 7) is 0.924. The zero-order valence-corrected chi connectivity index (χ0v) is 20.1. The van der Waals surface area contributed by atoms with E-state index in [9.17, 15) is 28.9 Å². The molecule has 0 bridgehead atoms. The van der Waals surface area contributed by atoms with Crippen molar-refractivity contribution in [3.8, 4) is 0 Å². The Labute approximate surface area is 215 Å². The van der Waals surface area contributed by atoms with Crippen LogP contribution in [0, 0.1) is 15.9 Å². The number of H-pyrrole nitrogens is 1. The maximum atomic E-state index is 14.7. The second-order valence-electron chi connectivity index (χ2n) is 8.92. The average molecular weight is 516 g/mol. The number of nitro benzene ring substituents is 1. The van der Waals surface area contributed by atoms with Gasteiger partial charge in [0.15, 0.2) is 0 Å². The van der Waals surface area contributed by atoms with Gasteiger partial charge >= 0.3 is 0 Å². The number of nitrogens with zero attached hydrogens (tertiary/aromatic N) is 4. The summed E-state index contributed by atoms with van der Waals surface area (Å²) in [4.78, 5) is 51.4. The predicted octanol–water partition coefficient (Wildman–Crippen LogP) is 3.16. The minimum absolute atomic E-state index is 0.0774. The third-order valence-corrected chi connectivity index (χ3v) is 6.59. The van der Waals surface area contributed by atoms with E-state index >= 15 is 0 Å². The summed E-state index contributed by atoms with van der Waals surface area (Å²) in [5.74, 6) is -1.42. The predicted molar refractivity (Wildman–Crippen MR) is 136 cm³/mol. The summed E-state index contributed by atoms with van der Waals surface area (Å²) in [5, 5.41) is 18.6. The van der Waals surface area contributed by atoms with Crippen LogP contribution in [0.3, 0.4) is 0 Å². The Hall–Kier alpha value is -4.93. The number of amides is 2. The molecule has 10 nitrogen and oxygen atoms in total. The van der Waals surface area contributed by atoms with Crippen LogP contribution in [0.5, 0.6) is 0 Å². The van der Waals surface area contributed by atoms with Crippen molar-refractivity contribution in [2.24, 2.45) is 0 Å². The minimum Gasteiger partial charge on any atom is -0.335 e. The van der Waals surface area contributed by atoms with E-state index in [2.05, 4.69) is 10.2 Å². The molecule has 0 atom stereocenters. The van der Waals surface area contributed by atoms with Crippen molar-refractivity contribution in [3.63, 3.8) is 0 Å². The van der Waals surface area contributed by atoms with Crippen LogP contribution in [0.15, 0.2) is 71.5 Å².